The molecule has 0 aliphatic heterocycles. The number of amides is 1. The van der Waals surface area contributed by atoms with Crippen LogP contribution < -0.4 is 5.32 Å². The number of anilines is 1. The number of carbonyl (C=O) groups excluding carboxylic acids is 1. The van der Waals surface area contributed by atoms with Gasteiger partial charge in [-0.1, -0.05) is 41.9 Å². The van der Waals surface area contributed by atoms with Crippen LogP contribution in [-0.2, 0) is 11.2 Å². The SMILES string of the molecule is CCC(=O)Nc1ccc(CC(Br)CC)cc1. The van der Waals surface area contributed by atoms with Crippen molar-refractivity contribution in [3.8, 4) is 0 Å². The fourth-order valence-electron chi connectivity index (χ4n) is 1.37. The average molecular weight is 284 g/mol. The fraction of sp³-hybridized carbons (Fsp3) is 0.462. The van der Waals surface area contributed by atoms with Crippen LogP contribution in [0.5, 0.6) is 0 Å². The molecule has 0 saturated carbocycles. The molecule has 16 heavy (non-hydrogen) atoms. The molecule has 1 unspecified atom stereocenters. The van der Waals surface area contributed by atoms with Gasteiger partial charge in [-0.25, -0.2) is 0 Å². The maximum atomic E-state index is 11.2. The highest BCUT2D eigenvalue weighted by Crippen LogP contribution is 2.15. The van der Waals surface area contributed by atoms with Gasteiger partial charge >= 0.3 is 0 Å². The summed E-state index contributed by atoms with van der Waals surface area (Å²) in [6.07, 6.45) is 2.66. The van der Waals surface area contributed by atoms with Gasteiger partial charge in [0, 0.05) is 16.9 Å². The number of halogens is 1. The number of hydrogen-bond acceptors (Lipinski definition) is 1. The van der Waals surface area contributed by atoms with Crippen LogP contribution in [0.25, 0.3) is 0 Å². The summed E-state index contributed by atoms with van der Waals surface area (Å²) in [5.41, 5.74) is 2.16. The third-order valence-electron chi connectivity index (χ3n) is 2.46. The van der Waals surface area contributed by atoms with Gasteiger partial charge in [0.25, 0.3) is 0 Å². The molecule has 1 amide bonds. The molecule has 1 aromatic rings. The van der Waals surface area contributed by atoms with E-state index in [0.717, 1.165) is 18.5 Å². The molecular weight excluding hydrogens is 266 g/mol. The second-order valence-electron chi connectivity index (χ2n) is 3.81. The Labute approximate surface area is 106 Å². The second-order valence-corrected chi connectivity index (χ2v) is 5.10. The Morgan fingerprint density at radius 2 is 1.94 bits per heavy atom. The first-order valence-corrected chi connectivity index (χ1v) is 6.60. The van der Waals surface area contributed by atoms with Crippen molar-refractivity contribution in [2.45, 2.75) is 37.9 Å². The molecule has 1 N–H and O–H groups in total. The van der Waals surface area contributed by atoms with Crippen molar-refractivity contribution in [1.29, 1.82) is 0 Å². The van der Waals surface area contributed by atoms with Gasteiger partial charge in [0.1, 0.15) is 0 Å². The zero-order chi connectivity index (χ0) is 12.0. The van der Waals surface area contributed by atoms with Crippen molar-refractivity contribution in [2.24, 2.45) is 0 Å². The Morgan fingerprint density at radius 3 is 2.44 bits per heavy atom. The summed E-state index contributed by atoms with van der Waals surface area (Å²) < 4.78 is 0. The summed E-state index contributed by atoms with van der Waals surface area (Å²) in [5.74, 6) is 0.0553. The van der Waals surface area contributed by atoms with E-state index in [1.165, 1.54) is 5.56 Å². The van der Waals surface area contributed by atoms with Crippen molar-refractivity contribution < 1.29 is 4.79 Å². The Morgan fingerprint density at radius 1 is 1.31 bits per heavy atom. The Kier molecular flexibility index (Phi) is 5.53. The van der Waals surface area contributed by atoms with E-state index in [0.29, 0.717) is 11.2 Å². The number of nitrogens with one attached hydrogen (secondary N) is 1. The third-order valence-corrected chi connectivity index (χ3v) is 3.43. The maximum absolute atomic E-state index is 11.2. The van der Waals surface area contributed by atoms with Crippen molar-refractivity contribution in [2.75, 3.05) is 5.32 Å². The molecule has 1 aromatic carbocycles. The van der Waals surface area contributed by atoms with Gasteiger partial charge in [-0.3, -0.25) is 4.79 Å². The normalized spacial score (nSPS) is 12.2. The van der Waals surface area contributed by atoms with Crippen LogP contribution in [-0.4, -0.2) is 10.7 Å². The van der Waals surface area contributed by atoms with E-state index in [1.807, 2.05) is 19.1 Å². The molecule has 0 aromatic heterocycles. The van der Waals surface area contributed by atoms with E-state index < -0.39 is 0 Å². The van der Waals surface area contributed by atoms with E-state index in [9.17, 15) is 4.79 Å². The van der Waals surface area contributed by atoms with E-state index >= 15 is 0 Å². The van der Waals surface area contributed by atoms with Gasteiger partial charge in [-0.15, -0.1) is 0 Å². The Bertz CT molecular complexity index is 334. The summed E-state index contributed by atoms with van der Waals surface area (Å²) in [7, 11) is 0. The topological polar surface area (TPSA) is 29.1 Å². The van der Waals surface area contributed by atoms with Crippen LogP contribution in [0, 0.1) is 0 Å². The first kappa shape index (κ1) is 13.2. The molecule has 0 radical (unpaired) electrons. The van der Waals surface area contributed by atoms with E-state index in [4.69, 9.17) is 0 Å². The van der Waals surface area contributed by atoms with Crippen LogP contribution >= 0.6 is 15.9 Å². The van der Waals surface area contributed by atoms with Gasteiger partial charge < -0.3 is 5.32 Å². The smallest absolute Gasteiger partial charge is 0.224 e. The van der Waals surface area contributed by atoms with E-state index in [1.54, 1.807) is 0 Å². The monoisotopic (exact) mass is 283 g/mol. The summed E-state index contributed by atoms with van der Waals surface area (Å²) in [4.78, 5) is 11.7. The molecule has 1 rings (SSSR count). The molecule has 0 fully saturated rings. The van der Waals surface area contributed by atoms with Crippen LogP contribution in [0.4, 0.5) is 5.69 Å². The van der Waals surface area contributed by atoms with Crippen LogP contribution in [0.2, 0.25) is 0 Å². The van der Waals surface area contributed by atoms with Crippen LogP contribution in [0.1, 0.15) is 32.3 Å². The molecule has 2 nitrogen and oxygen atoms in total. The summed E-state index contributed by atoms with van der Waals surface area (Å²) in [6, 6.07) is 8.04. The van der Waals surface area contributed by atoms with Gasteiger partial charge in [0.15, 0.2) is 0 Å². The largest absolute Gasteiger partial charge is 0.326 e. The first-order valence-electron chi connectivity index (χ1n) is 5.68. The number of benzene rings is 1. The van der Waals surface area contributed by atoms with E-state index in [-0.39, 0.29) is 5.91 Å². The fourth-order valence-corrected chi connectivity index (χ4v) is 1.75. The minimum atomic E-state index is 0.0553. The first-order chi connectivity index (χ1) is 7.65. The molecule has 3 heteroatoms. The van der Waals surface area contributed by atoms with Gasteiger partial charge in [0.05, 0.1) is 0 Å². The van der Waals surface area contributed by atoms with Crippen molar-refractivity contribution in [3.63, 3.8) is 0 Å². The summed E-state index contributed by atoms with van der Waals surface area (Å²) in [6.45, 7) is 4.01. The minimum absolute atomic E-state index is 0.0553. The highest BCUT2D eigenvalue weighted by Gasteiger charge is 2.03. The predicted molar refractivity (Wildman–Crippen MR) is 72.1 cm³/mol. The standard InChI is InChI=1S/C13H18BrNO/c1-3-11(14)9-10-5-7-12(8-6-10)15-13(16)4-2/h5-8,11H,3-4,9H2,1-2H3,(H,15,16). The predicted octanol–water partition coefficient (Wildman–Crippen LogP) is 3.75. The number of hydrogen-bond donors (Lipinski definition) is 1. The zero-order valence-corrected chi connectivity index (χ0v) is 11.4. The lowest BCUT2D eigenvalue weighted by Crippen LogP contribution is -2.09. The highest BCUT2D eigenvalue weighted by molar-refractivity contribution is 9.09. The molecule has 0 saturated heterocycles. The molecule has 0 aliphatic carbocycles. The Hall–Kier alpha value is -0.830. The zero-order valence-electron chi connectivity index (χ0n) is 9.79. The van der Waals surface area contributed by atoms with Crippen molar-refractivity contribution >= 4 is 27.5 Å². The highest BCUT2D eigenvalue weighted by atomic mass is 79.9. The van der Waals surface area contributed by atoms with Crippen LogP contribution in [0.15, 0.2) is 24.3 Å². The molecule has 0 spiro atoms. The minimum Gasteiger partial charge on any atom is -0.326 e. The molecule has 0 aliphatic rings. The summed E-state index contributed by atoms with van der Waals surface area (Å²) >= 11 is 3.61. The number of alkyl halides is 1. The lowest BCUT2D eigenvalue weighted by atomic mass is 10.1. The maximum Gasteiger partial charge on any atom is 0.224 e. The van der Waals surface area contributed by atoms with Crippen molar-refractivity contribution in [3.05, 3.63) is 29.8 Å². The molecule has 0 bridgehead atoms. The van der Waals surface area contributed by atoms with Gasteiger partial charge in [-0.2, -0.15) is 0 Å². The molecule has 0 heterocycles. The third kappa shape index (κ3) is 4.35. The second kappa shape index (κ2) is 6.69. The average Bonchev–Trinajstić information content (AvgIpc) is 2.31. The van der Waals surface area contributed by atoms with Gasteiger partial charge in [0.2, 0.25) is 5.91 Å². The summed E-state index contributed by atoms with van der Waals surface area (Å²) in [5, 5.41) is 2.84. The number of carbonyl (C=O) groups is 1. The lowest BCUT2D eigenvalue weighted by Gasteiger charge is -2.08. The molecule has 88 valence electrons. The quantitative estimate of drug-likeness (QED) is 0.820. The number of rotatable bonds is 5. The Balaban J connectivity index is 2.57. The van der Waals surface area contributed by atoms with Gasteiger partial charge in [-0.05, 0) is 30.5 Å². The molecular formula is C13H18BrNO. The molecule has 1 atom stereocenters. The van der Waals surface area contributed by atoms with E-state index in [2.05, 4.69) is 40.3 Å². The van der Waals surface area contributed by atoms with Crippen LogP contribution in [0.3, 0.4) is 0 Å². The van der Waals surface area contributed by atoms with Crippen molar-refractivity contribution in [1.82, 2.24) is 0 Å². The lowest BCUT2D eigenvalue weighted by molar-refractivity contribution is -0.115.